The summed E-state index contributed by atoms with van der Waals surface area (Å²) in [6, 6.07) is 11.1. The lowest BCUT2D eigenvalue weighted by Crippen LogP contribution is -2.09. The topological polar surface area (TPSA) is 59.8 Å². The van der Waals surface area contributed by atoms with E-state index in [-0.39, 0.29) is 5.91 Å². The van der Waals surface area contributed by atoms with Gasteiger partial charge in [0.2, 0.25) is 0 Å². The lowest BCUT2D eigenvalue weighted by atomic mass is 10.2. The lowest BCUT2D eigenvalue weighted by molar-refractivity contribution is 0.103. The van der Waals surface area contributed by atoms with E-state index < -0.39 is 0 Å². The van der Waals surface area contributed by atoms with Gasteiger partial charge in [-0.3, -0.25) is 9.48 Å². The summed E-state index contributed by atoms with van der Waals surface area (Å²) >= 11 is 1.41. The van der Waals surface area contributed by atoms with Gasteiger partial charge in [0, 0.05) is 18.3 Å². The van der Waals surface area contributed by atoms with Crippen LogP contribution in [0.5, 0.6) is 0 Å². The number of nitrogens with zero attached hydrogens (tertiary/aromatic N) is 3. The van der Waals surface area contributed by atoms with E-state index in [0.717, 1.165) is 11.3 Å². The zero-order valence-electron chi connectivity index (χ0n) is 10.8. The molecule has 3 rings (SSSR count). The summed E-state index contributed by atoms with van der Waals surface area (Å²) in [6.07, 6.45) is 1.65. The fraction of sp³-hybridized carbons (Fsp3) is 0.0714. The molecule has 0 aliphatic heterocycles. The number of anilines is 1. The Labute approximate surface area is 119 Å². The number of carbonyl (C=O) groups is 1. The van der Waals surface area contributed by atoms with Gasteiger partial charge in [-0.2, -0.15) is 5.10 Å². The van der Waals surface area contributed by atoms with Crippen LogP contribution in [0.4, 0.5) is 5.69 Å². The molecule has 3 aromatic rings. The first-order valence-corrected chi connectivity index (χ1v) is 6.91. The number of thiophene rings is 1. The van der Waals surface area contributed by atoms with E-state index in [0.29, 0.717) is 10.7 Å². The van der Waals surface area contributed by atoms with E-state index in [2.05, 4.69) is 15.4 Å². The van der Waals surface area contributed by atoms with Gasteiger partial charge < -0.3 is 5.32 Å². The van der Waals surface area contributed by atoms with Crippen molar-refractivity contribution in [1.82, 2.24) is 14.8 Å². The molecule has 0 aliphatic rings. The first-order chi connectivity index (χ1) is 9.72. The minimum atomic E-state index is -0.105. The Morgan fingerprint density at radius 2 is 2.20 bits per heavy atom. The van der Waals surface area contributed by atoms with Gasteiger partial charge in [-0.05, 0) is 23.6 Å². The number of benzene rings is 1. The van der Waals surface area contributed by atoms with Crippen LogP contribution in [0.15, 0.2) is 48.1 Å². The van der Waals surface area contributed by atoms with Crippen molar-refractivity contribution in [3.05, 3.63) is 53.0 Å². The molecule has 6 heteroatoms. The van der Waals surface area contributed by atoms with Crippen LogP contribution in [0.3, 0.4) is 0 Å². The summed E-state index contributed by atoms with van der Waals surface area (Å²) in [4.78, 5) is 16.9. The number of nitrogens with one attached hydrogen (secondary N) is 1. The van der Waals surface area contributed by atoms with Crippen LogP contribution in [-0.2, 0) is 7.05 Å². The third-order valence-electron chi connectivity index (χ3n) is 2.72. The monoisotopic (exact) mass is 284 g/mol. The normalized spacial score (nSPS) is 10.4. The number of rotatable bonds is 3. The summed E-state index contributed by atoms with van der Waals surface area (Å²) in [7, 11) is 1.82. The molecular formula is C14H12N4OS. The zero-order chi connectivity index (χ0) is 13.9. The van der Waals surface area contributed by atoms with Gasteiger partial charge in [-0.15, -0.1) is 11.3 Å². The highest BCUT2D eigenvalue weighted by Gasteiger charge is 2.08. The maximum Gasteiger partial charge on any atom is 0.265 e. The highest BCUT2D eigenvalue weighted by atomic mass is 32.1. The average Bonchev–Trinajstić information content (AvgIpc) is 3.10. The Hall–Kier alpha value is -2.47. The molecule has 0 aliphatic carbocycles. The molecule has 0 fully saturated rings. The Bertz CT molecular complexity index is 733. The SMILES string of the molecule is Cn1cnc(-c2cccc(NC(=O)c3cccs3)c2)n1. The van der Waals surface area contributed by atoms with Crippen LogP contribution in [0.25, 0.3) is 11.4 Å². The molecule has 1 N–H and O–H groups in total. The van der Waals surface area contributed by atoms with Crippen molar-refractivity contribution in [3.63, 3.8) is 0 Å². The predicted molar refractivity (Wildman–Crippen MR) is 78.7 cm³/mol. The van der Waals surface area contributed by atoms with Crippen molar-refractivity contribution in [2.24, 2.45) is 7.05 Å². The molecule has 0 unspecified atom stereocenters. The van der Waals surface area contributed by atoms with E-state index in [1.807, 2.05) is 42.8 Å². The molecule has 1 aromatic carbocycles. The van der Waals surface area contributed by atoms with Gasteiger partial charge in [0.05, 0.1) is 4.88 Å². The molecule has 100 valence electrons. The third kappa shape index (κ3) is 2.60. The minimum absolute atomic E-state index is 0.105. The lowest BCUT2D eigenvalue weighted by Gasteiger charge is -2.04. The second-order valence-corrected chi connectivity index (χ2v) is 5.20. The molecule has 20 heavy (non-hydrogen) atoms. The maximum absolute atomic E-state index is 12.0. The third-order valence-corrected chi connectivity index (χ3v) is 3.59. The smallest absolute Gasteiger partial charge is 0.265 e. The molecule has 1 amide bonds. The summed E-state index contributed by atoms with van der Waals surface area (Å²) < 4.78 is 1.65. The Balaban J connectivity index is 1.83. The van der Waals surface area contributed by atoms with Crippen molar-refractivity contribution in [2.75, 3.05) is 5.32 Å². The fourth-order valence-corrected chi connectivity index (χ4v) is 2.43. The maximum atomic E-state index is 12.0. The molecule has 2 aromatic heterocycles. The molecule has 2 heterocycles. The first kappa shape index (κ1) is 12.6. The molecule has 0 saturated carbocycles. The minimum Gasteiger partial charge on any atom is -0.321 e. The number of hydrogen-bond acceptors (Lipinski definition) is 4. The summed E-state index contributed by atoms with van der Waals surface area (Å²) in [5.41, 5.74) is 1.60. The van der Waals surface area contributed by atoms with Crippen LogP contribution < -0.4 is 5.32 Å². The van der Waals surface area contributed by atoms with Gasteiger partial charge in [0.1, 0.15) is 6.33 Å². The van der Waals surface area contributed by atoms with Gasteiger partial charge in [0.15, 0.2) is 5.82 Å². The summed E-state index contributed by atoms with van der Waals surface area (Å²) in [6.45, 7) is 0. The van der Waals surface area contributed by atoms with Crippen LogP contribution in [0.1, 0.15) is 9.67 Å². The van der Waals surface area contributed by atoms with E-state index in [1.54, 1.807) is 17.1 Å². The average molecular weight is 284 g/mol. The highest BCUT2D eigenvalue weighted by Crippen LogP contribution is 2.20. The van der Waals surface area contributed by atoms with Gasteiger partial charge in [0.25, 0.3) is 5.91 Å². The van der Waals surface area contributed by atoms with Crippen LogP contribution in [-0.4, -0.2) is 20.7 Å². The summed E-state index contributed by atoms with van der Waals surface area (Å²) in [5.74, 6) is 0.533. The number of aromatic nitrogens is 3. The Morgan fingerprint density at radius 1 is 1.30 bits per heavy atom. The van der Waals surface area contributed by atoms with Crippen molar-refractivity contribution < 1.29 is 4.79 Å². The van der Waals surface area contributed by atoms with Crippen molar-refractivity contribution >= 4 is 22.9 Å². The van der Waals surface area contributed by atoms with E-state index in [9.17, 15) is 4.79 Å². The van der Waals surface area contributed by atoms with Crippen molar-refractivity contribution in [2.45, 2.75) is 0 Å². The Morgan fingerprint density at radius 3 is 2.90 bits per heavy atom. The zero-order valence-corrected chi connectivity index (χ0v) is 11.6. The van der Waals surface area contributed by atoms with Crippen LogP contribution >= 0.6 is 11.3 Å². The number of hydrogen-bond donors (Lipinski definition) is 1. The first-order valence-electron chi connectivity index (χ1n) is 6.03. The highest BCUT2D eigenvalue weighted by molar-refractivity contribution is 7.12. The van der Waals surface area contributed by atoms with E-state index in [1.165, 1.54) is 11.3 Å². The number of amides is 1. The van der Waals surface area contributed by atoms with E-state index >= 15 is 0 Å². The summed E-state index contributed by atoms with van der Waals surface area (Å²) in [5, 5.41) is 8.99. The van der Waals surface area contributed by atoms with Crippen molar-refractivity contribution in [1.29, 1.82) is 0 Å². The fourth-order valence-electron chi connectivity index (χ4n) is 1.81. The quantitative estimate of drug-likeness (QED) is 0.804. The molecular weight excluding hydrogens is 272 g/mol. The molecule has 0 spiro atoms. The second-order valence-electron chi connectivity index (χ2n) is 4.25. The van der Waals surface area contributed by atoms with Crippen LogP contribution in [0.2, 0.25) is 0 Å². The molecule has 0 saturated heterocycles. The van der Waals surface area contributed by atoms with Crippen LogP contribution in [0, 0.1) is 0 Å². The molecule has 0 bridgehead atoms. The Kier molecular flexibility index (Phi) is 3.30. The van der Waals surface area contributed by atoms with E-state index in [4.69, 9.17) is 0 Å². The largest absolute Gasteiger partial charge is 0.321 e. The van der Waals surface area contributed by atoms with Gasteiger partial charge in [-0.25, -0.2) is 4.98 Å². The predicted octanol–water partition coefficient (Wildman–Crippen LogP) is 2.80. The number of aryl methyl sites for hydroxylation is 1. The molecule has 0 radical (unpaired) electrons. The van der Waals surface area contributed by atoms with Gasteiger partial charge in [-0.1, -0.05) is 18.2 Å². The second kappa shape index (κ2) is 5.26. The van der Waals surface area contributed by atoms with Gasteiger partial charge >= 0.3 is 0 Å². The number of carbonyl (C=O) groups excluding carboxylic acids is 1. The molecule has 5 nitrogen and oxygen atoms in total. The standard InChI is InChI=1S/C14H12N4OS/c1-18-9-15-13(17-18)10-4-2-5-11(8-10)16-14(19)12-6-3-7-20-12/h2-9H,1H3,(H,16,19). The molecule has 0 atom stereocenters. The van der Waals surface area contributed by atoms with Crippen molar-refractivity contribution in [3.8, 4) is 11.4 Å².